The fourth-order valence-electron chi connectivity index (χ4n) is 1.64. The second-order valence-electron chi connectivity index (χ2n) is 4.00. The predicted molar refractivity (Wildman–Crippen MR) is 72.8 cm³/mol. The first-order valence-electron chi connectivity index (χ1n) is 5.81. The number of hydrogen-bond donors (Lipinski definition) is 2. The highest BCUT2D eigenvalue weighted by Gasteiger charge is 2.10. The second kappa shape index (κ2) is 5.86. The highest BCUT2D eigenvalue weighted by Crippen LogP contribution is 2.19. The summed E-state index contributed by atoms with van der Waals surface area (Å²) in [4.78, 5) is 16.0. The van der Waals surface area contributed by atoms with Crippen LogP contribution in [0.3, 0.4) is 0 Å². The van der Waals surface area contributed by atoms with Crippen LogP contribution in [0.2, 0.25) is 0 Å². The van der Waals surface area contributed by atoms with E-state index in [0.717, 1.165) is 5.56 Å². The van der Waals surface area contributed by atoms with E-state index in [1.54, 1.807) is 37.7 Å². The van der Waals surface area contributed by atoms with Crippen LogP contribution < -0.4 is 15.8 Å². The summed E-state index contributed by atoms with van der Waals surface area (Å²) in [6, 6.07) is 8.70. The van der Waals surface area contributed by atoms with Crippen LogP contribution >= 0.6 is 0 Å². The van der Waals surface area contributed by atoms with E-state index in [0.29, 0.717) is 23.5 Å². The number of ether oxygens (including phenoxy) is 1. The molecule has 2 rings (SSSR count). The molecule has 0 fully saturated rings. The maximum Gasteiger partial charge on any atom is 0.253 e. The van der Waals surface area contributed by atoms with E-state index >= 15 is 0 Å². The summed E-state index contributed by atoms with van der Waals surface area (Å²) in [5.41, 5.74) is 7.54. The van der Waals surface area contributed by atoms with Crippen LogP contribution in [0.25, 0.3) is 0 Å². The lowest BCUT2D eigenvalue weighted by Crippen LogP contribution is -2.23. The molecule has 0 aliphatic heterocycles. The van der Waals surface area contributed by atoms with Gasteiger partial charge in [0.2, 0.25) is 0 Å². The van der Waals surface area contributed by atoms with E-state index < -0.39 is 0 Å². The molecular weight excluding hydrogens is 242 g/mol. The SMILES string of the molecule is COc1ccc(N)c(C(=O)NCc2cccnc2)c1. The van der Waals surface area contributed by atoms with Crippen molar-refractivity contribution in [2.75, 3.05) is 12.8 Å². The van der Waals surface area contributed by atoms with E-state index in [4.69, 9.17) is 10.5 Å². The van der Waals surface area contributed by atoms with Crippen LogP contribution in [-0.4, -0.2) is 18.0 Å². The van der Waals surface area contributed by atoms with Crippen LogP contribution in [0.5, 0.6) is 5.75 Å². The van der Waals surface area contributed by atoms with Crippen LogP contribution in [0, 0.1) is 0 Å². The van der Waals surface area contributed by atoms with E-state index in [9.17, 15) is 4.79 Å². The van der Waals surface area contributed by atoms with Gasteiger partial charge >= 0.3 is 0 Å². The normalized spacial score (nSPS) is 9.95. The summed E-state index contributed by atoms with van der Waals surface area (Å²) in [5.74, 6) is 0.362. The van der Waals surface area contributed by atoms with E-state index in [2.05, 4.69) is 10.3 Å². The van der Waals surface area contributed by atoms with Crippen molar-refractivity contribution >= 4 is 11.6 Å². The zero-order valence-electron chi connectivity index (χ0n) is 10.6. The zero-order valence-corrected chi connectivity index (χ0v) is 10.6. The van der Waals surface area contributed by atoms with Gasteiger partial charge in [0, 0.05) is 24.6 Å². The molecule has 1 heterocycles. The number of rotatable bonds is 4. The molecule has 0 bridgehead atoms. The Labute approximate surface area is 111 Å². The molecule has 19 heavy (non-hydrogen) atoms. The Balaban J connectivity index is 2.08. The lowest BCUT2D eigenvalue weighted by molar-refractivity contribution is 0.0951. The lowest BCUT2D eigenvalue weighted by atomic mass is 10.1. The van der Waals surface area contributed by atoms with Gasteiger partial charge in [0.05, 0.1) is 12.7 Å². The number of carbonyl (C=O) groups excluding carboxylic acids is 1. The Hall–Kier alpha value is -2.56. The molecule has 0 atom stereocenters. The van der Waals surface area contributed by atoms with Crippen molar-refractivity contribution in [3.63, 3.8) is 0 Å². The predicted octanol–water partition coefficient (Wildman–Crippen LogP) is 1.60. The summed E-state index contributed by atoms with van der Waals surface area (Å²) in [6.07, 6.45) is 3.39. The molecule has 2 aromatic rings. The first-order valence-corrected chi connectivity index (χ1v) is 5.81. The molecule has 3 N–H and O–H groups in total. The molecule has 0 aliphatic carbocycles. The smallest absolute Gasteiger partial charge is 0.253 e. The minimum absolute atomic E-state index is 0.236. The number of nitrogens with two attached hydrogens (primary N) is 1. The third-order valence-corrected chi connectivity index (χ3v) is 2.68. The second-order valence-corrected chi connectivity index (χ2v) is 4.00. The molecule has 1 aromatic carbocycles. The van der Waals surface area contributed by atoms with Crippen LogP contribution in [0.1, 0.15) is 15.9 Å². The average Bonchev–Trinajstić information content (AvgIpc) is 2.46. The number of nitrogens with one attached hydrogen (secondary N) is 1. The Morgan fingerprint density at radius 2 is 2.26 bits per heavy atom. The summed E-state index contributed by atoms with van der Waals surface area (Å²) >= 11 is 0. The molecule has 1 aromatic heterocycles. The molecule has 5 heteroatoms. The van der Waals surface area contributed by atoms with Gasteiger partial charge in [-0.25, -0.2) is 0 Å². The number of anilines is 1. The van der Waals surface area contributed by atoms with Crippen LogP contribution in [0.15, 0.2) is 42.7 Å². The standard InChI is InChI=1S/C14H15N3O2/c1-19-11-4-5-13(15)12(7-11)14(18)17-9-10-3-2-6-16-8-10/h2-8H,9,15H2,1H3,(H,17,18). The topological polar surface area (TPSA) is 77.2 Å². The zero-order chi connectivity index (χ0) is 13.7. The van der Waals surface area contributed by atoms with Crippen molar-refractivity contribution in [1.82, 2.24) is 10.3 Å². The van der Waals surface area contributed by atoms with E-state index in [1.165, 1.54) is 0 Å². The molecule has 0 saturated carbocycles. The van der Waals surface area contributed by atoms with Gasteiger partial charge in [-0.3, -0.25) is 9.78 Å². The van der Waals surface area contributed by atoms with Crippen molar-refractivity contribution in [3.8, 4) is 5.75 Å². The number of pyridine rings is 1. The van der Waals surface area contributed by atoms with Gasteiger partial charge in [-0.2, -0.15) is 0 Å². The third-order valence-electron chi connectivity index (χ3n) is 2.68. The summed E-state index contributed by atoms with van der Waals surface area (Å²) in [5, 5.41) is 2.79. The molecule has 1 amide bonds. The van der Waals surface area contributed by atoms with Gasteiger partial charge in [0.25, 0.3) is 5.91 Å². The number of benzene rings is 1. The number of aromatic nitrogens is 1. The number of carbonyl (C=O) groups is 1. The average molecular weight is 257 g/mol. The minimum atomic E-state index is -0.236. The fourth-order valence-corrected chi connectivity index (χ4v) is 1.64. The van der Waals surface area contributed by atoms with Crippen LogP contribution in [0.4, 0.5) is 5.69 Å². The van der Waals surface area contributed by atoms with Gasteiger partial charge in [-0.05, 0) is 29.8 Å². The maximum atomic E-state index is 12.0. The van der Waals surface area contributed by atoms with Crippen LogP contribution in [-0.2, 0) is 6.54 Å². The fraction of sp³-hybridized carbons (Fsp3) is 0.143. The maximum absolute atomic E-state index is 12.0. The minimum Gasteiger partial charge on any atom is -0.497 e. The van der Waals surface area contributed by atoms with E-state index in [-0.39, 0.29) is 5.91 Å². The van der Waals surface area contributed by atoms with Gasteiger partial charge < -0.3 is 15.8 Å². The first kappa shape index (κ1) is 12.9. The highest BCUT2D eigenvalue weighted by atomic mass is 16.5. The summed E-state index contributed by atoms with van der Waals surface area (Å²) in [6.45, 7) is 0.406. The molecular formula is C14H15N3O2. The summed E-state index contributed by atoms with van der Waals surface area (Å²) in [7, 11) is 1.54. The summed E-state index contributed by atoms with van der Waals surface area (Å²) < 4.78 is 5.08. The highest BCUT2D eigenvalue weighted by molar-refractivity contribution is 5.99. The first-order chi connectivity index (χ1) is 9.20. The van der Waals surface area contributed by atoms with Crippen molar-refractivity contribution in [3.05, 3.63) is 53.9 Å². The molecule has 98 valence electrons. The number of nitrogens with zero attached hydrogens (tertiary/aromatic N) is 1. The molecule has 0 aliphatic rings. The van der Waals surface area contributed by atoms with Crippen molar-refractivity contribution in [2.45, 2.75) is 6.54 Å². The van der Waals surface area contributed by atoms with Crippen molar-refractivity contribution in [1.29, 1.82) is 0 Å². The van der Waals surface area contributed by atoms with Gasteiger partial charge in [0.1, 0.15) is 5.75 Å². The Morgan fingerprint density at radius 3 is 2.95 bits per heavy atom. The number of methoxy groups -OCH3 is 1. The van der Waals surface area contributed by atoms with Gasteiger partial charge in [-0.15, -0.1) is 0 Å². The number of hydrogen-bond acceptors (Lipinski definition) is 4. The van der Waals surface area contributed by atoms with Crippen molar-refractivity contribution in [2.24, 2.45) is 0 Å². The monoisotopic (exact) mass is 257 g/mol. The largest absolute Gasteiger partial charge is 0.497 e. The Kier molecular flexibility index (Phi) is 3.97. The Morgan fingerprint density at radius 1 is 1.42 bits per heavy atom. The Bertz CT molecular complexity index is 570. The molecule has 0 radical (unpaired) electrons. The molecule has 0 saturated heterocycles. The number of nitrogen functional groups attached to an aromatic ring is 1. The lowest BCUT2D eigenvalue weighted by Gasteiger charge is -2.09. The number of amides is 1. The van der Waals surface area contributed by atoms with Crippen molar-refractivity contribution < 1.29 is 9.53 Å². The van der Waals surface area contributed by atoms with E-state index in [1.807, 2.05) is 12.1 Å². The molecule has 0 spiro atoms. The van der Waals surface area contributed by atoms with Gasteiger partial charge in [-0.1, -0.05) is 6.07 Å². The third kappa shape index (κ3) is 3.22. The molecule has 5 nitrogen and oxygen atoms in total. The molecule has 0 unspecified atom stereocenters. The van der Waals surface area contributed by atoms with Gasteiger partial charge in [0.15, 0.2) is 0 Å². The quantitative estimate of drug-likeness (QED) is 0.816.